The Morgan fingerprint density at radius 3 is 2.30 bits per heavy atom. The quantitative estimate of drug-likeness (QED) is 0.640. The van der Waals surface area contributed by atoms with Gasteiger partial charge in [-0.2, -0.15) is 0 Å². The van der Waals surface area contributed by atoms with Crippen LogP contribution in [-0.2, 0) is 4.79 Å². The summed E-state index contributed by atoms with van der Waals surface area (Å²) in [6.07, 6.45) is 1.61. The summed E-state index contributed by atoms with van der Waals surface area (Å²) in [5.41, 5.74) is 1.28. The Morgan fingerprint density at radius 2 is 1.59 bits per heavy atom. The third kappa shape index (κ3) is 3.98. The third-order valence-corrected chi connectivity index (χ3v) is 4.65. The second kappa shape index (κ2) is 7.20. The summed E-state index contributed by atoms with van der Waals surface area (Å²) in [5, 5.41) is 3.07. The van der Waals surface area contributed by atoms with Crippen molar-refractivity contribution in [3.63, 3.8) is 0 Å². The predicted molar refractivity (Wildman–Crippen MR) is 101 cm³/mol. The highest BCUT2D eigenvalue weighted by Crippen LogP contribution is 2.30. The van der Waals surface area contributed by atoms with E-state index >= 15 is 0 Å². The van der Waals surface area contributed by atoms with Gasteiger partial charge in [-0.25, -0.2) is 13.8 Å². The normalized spacial score (nSPS) is 16.9. The first-order chi connectivity index (χ1) is 13.1. The van der Waals surface area contributed by atoms with Crippen LogP contribution in [-0.4, -0.2) is 11.1 Å². The van der Waals surface area contributed by atoms with Gasteiger partial charge in [0.05, 0.1) is 10.6 Å². The number of halogens is 2. The molecule has 1 aliphatic heterocycles. The van der Waals surface area contributed by atoms with E-state index in [2.05, 4.69) is 10.3 Å². The Hall–Kier alpha value is -3.19. The minimum absolute atomic E-state index is 0.291. The van der Waals surface area contributed by atoms with E-state index in [0.29, 0.717) is 27.3 Å². The molecule has 1 fully saturated rings. The molecule has 1 amide bonds. The highest BCUT2D eigenvalue weighted by atomic mass is 32.2. The van der Waals surface area contributed by atoms with Crippen molar-refractivity contribution in [2.45, 2.75) is 0 Å². The summed E-state index contributed by atoms with van der Waals surface area (Å²) in [6.45, 7) is 0. The predicted octanol–water partition coefficient (Wildman–Crippen LogP) is 5.12. The maximum atomic E-state index is 13.0. The Balaban J connectivity index is 1.53. The van der Waals surface area contributed by atoms with E-state index in [1.807, 2.05) is 0 Å². The molecule has 1 aromatic heterocycles. The van der Waals surface area contributed by atoms with Gasteiger partial charge in [0.15, 0.2) is 5.17 Å². The van der Waals surface area contributed by atoms with Crippen molar-refractivity contribution >= 4 is 34.6 Å². The smallest absolute Gasteiger partial charge is 0.264 e. The first kappa shape index (κ1) is 17.2. The summed E-state index contributed by atoms with van der Waals surface area (Å²) >= 11 is 1.17. The molecule has 27 heavy (non-hydrogen) atoms. The van der Waals surface area contributed by atoms with E-state index in [-0.39, 0.29) is 17.5 Å². The number of furan rings is 1. The van der Waals surface area contributed by atoms with Gasteiger partial charge in [-0.15, -0.1) is 0 Å². The van der Waals surface area contributed by atoms with E-state index in [9.17, 15) is 13.6 Å². The van der Waals surface area contributed by atoms with E-state index in [0.717, 1.165) is 5.56 Å². The second-order valence-electron chi connectivity index (χ2n) is 5.67. The highest BCUT2D eigenvalue weighted by Gasteiger charge is 2.24. The molecule has 3 aromatic rings. The molecule has 1 aliphatic rings. The summed E-state index contributed by atoms with van der Waals surface area (Å²) in [4.78, 5) is 16.8. The molecular weight excluding hydrogens is 370 g/mol. The topological polar surface area (TPSA) is 54.6 Å². The lowest BCUT2D eigenvalue weighted by molar-refractivity contribution is -0.115. The molecule has 0 spiro atoms. The van der Waals surface area contributed by atoms with E-state index in [4.69, 9.17) is 4.42 Å². The molecule has 2 heterocycles. The Bertz CT molecular complexity index is 1050. The van der Waals surface area contributed by atoms with Gasteiger partial charge in [0.1, 0.15) is 23.2 Å². The van der Waals surface area contributed by atoms with Gasteiger partial charge in [-0.05, 0) is 72.4 Å². The van der Waals surface area contributed by atoms with Crippen molar-refractivity contribution in [1.29, 1.82) is 0 Å². The van der Waals surface area contributed by atoms with E-state index in [1.165, 1.54) is 48.2 Å². The number of amides is 1. The maximum Gasteiger partial charge on any atom is 0.264 e. The minimum Gasteiger partial charge on any atom is -0.457 e. The van der Waals surface area contributed by atoms with Gasteiger partial charge in [0.2, 0.25) is 0 Å². The van der Waals surface area contributed by atoms with Gasteiger partial charge in [0, 0.05) is 11.6 Å². The van der Waals surface area contributed by atoms with Crippen LogP contribution in [0.5, 0.6) is 0 Å². The van der Waals surface area contributed by atoms with Crippen molar-refractivity contribution in [1.82, 2.24) is 5.32 Å². The van der Waals surface area contributed by atoms with Crippen LogP contribution >= 0.6 is 11.8 Å². The van der Waals surface area contributed by atoms with Crippen molar-refractivity contribution < 1.29 is 18.0 Å². The fraction of sp³-hybridized carbons (Fsp3) is 0. The summed E-state index contributed by atoms with van der Waals surface area (Å²) < 4.78 is 31.7. The van der Waals surface area contributed by atoms with E-state index < -0.39 is 0 Å². The van der Waals surface area contributed by atoms with Gasteiger partial charge in [0.25, 0.3) is 5.91 Å². The van der Waals surface area contributed by atoms with Crippen molar-refractivity contribution in [2.24, 2.45) is 4.99 Å². The molecule has 0 unspecified atom stereocenters. The third-order valence-electron chi connectivity index (χ3n) is 3.74. The largest absolute Gasteiger partial charge is 0.457 e. The lowest BCUT2D eigenvalue weighted by Gasteiger charge is -1.96. The number of nitrogens with zero attached hydrogens (tertiary/aromatic N) is 1. The van der Waals surface area contributed by atoms with Gasteiger partial charge >= 0.3 is 0 Å². The Kier molecular flexibility index (Phi) is 4.60. The first-order valence-corrected chi connectivity index (χ1v) is 8.79. The van der Waals surface area contributed by atoms with Crippen molar-refractivity contribution in [2.75, 3.05) is 0 Å². The molecular formula is C20H12F2N2O2S. The fourth-order valence-corrected chi connectivity index (χ4v) is 3.26. The van der Waals surface area contributed by atoms with Crippen LogP contribution in [0.4, 0.5) is 14.5 Å². The monoisotopic (exact) mass is 382 g/mol. The fourth-order valence-electron chi connectivity index (χ4n) is 2.44. The number of hydrogen-bond acceptors (Lipinski definition) is 4. The van der Waals surface area contributed by atoms with E-state index in [1.54, 1.807) is 30.3 Å². The standard InChI is InChI=1S/C20H12F2N2O2S/c21-13-3-1-12(2-4-13)17-10-9-16(26-17)11-18-19(25)24-20(27-18)23-15-7-5-14(22)6-8-15/h1-11H,(H,23,24,25)/b18-11+. The Morgan fingerprint density at radius 1 is 0.926 bits per heavy atom. The molecule has 0 bridgehead atoms. The average molecular weight is 382 g/mol. The van der Waals surface area contributed by atoms with Crippen LogP contribution in [0.3, 0.4) is 0 Å². The molecule has 2 aromatic carbocycles. The lowest BCUT2D eigenvalue weighted by atomic mass is 10.2. The summed E-state index contributed by atoms with van der Waals surface area (Å²) in [5.74, 6) is 0.109. The van der Waals surface area contributed by atoms with Crippen LogP contribution in [0.2, 0.25) is 0 Å². The molecule has 4 nitrogen and oxygen atoms in total. The number of thioether (sulfide) groups is 1. The highest BCUT2D eigenvalue weighted by molar-refractivity contribution is 8.18. The number of rotatable bonds is 3. The first-order valence-electron chi connectivity index (χ1n) is 7.98. The second-order valence-corrected chi connectivity index (χ2v) is 6.70. The molecule has 1 N–H and O–H groups in total. The lowest BCUT2D eigenvalue weighted by Crippen LogP contribution is -2.19. The summed E-state index contributed by atoms with van der Waals surface area (Å²) in [6, 6.07) is 15.1. The molecule has 1 saturated heterocycles. The van der Waals surface area contributed by atoms with Crippen LogP contribution < -0.4 is 5.32 Å². The van der Waals surface area contributed by atoms with Crippen molar-refractivity contribution in [3.8, 4) is 11.3 Å². The zero-order valence-corrected chi connectivity index (χ0v) is 14.6. The number of nitrogens with one attached hydrogen (secondary N) is 1. The van der Waals surface area contributed by atoms with Crippen LogP contribution in [0.15, 0.2) is 75.0 Å². The van der Waals surface area contributed by atoms with Crippen LogP contribution in [0, 0.1) is 11.6 Å². The number of benzene rings is 2. The number of amidine groups is 1. The molecule has 4 rings (SSSR count). The molecule has 0 saturated carbocycles. The molecule has 0 aliphatic carbocycles. The van der Waals surface area contributed by atoms with Crippen LogP contribution in [0.25, 0.3) is 17.4 Å². The number of carbonyl (C=O) groups is 1. The Labute approximate surface area is 157 Å². The minimum atomic E-state index is -0.350. The average Bonchev–Trinajstić information content (AvgIpc) is 3.25. The molecule has 0 atom stereocenters. The number of aliphatic imine (C=N–C) groups is 1. The maximum absolute atomic E-state index is 13.0. The van der Waals surface area contributed by atoms with Gasteiger partial charge < -0.3 is 9.73 Å². The number of carbonyl (C=O) groups excluding carboxylic acids is 1. The molecule has 134 valence electrons. The van der Waals surface area contributed by atoms with Crippen molar-refractivity contribution in [3.05, 3.63) is 83.0 Å². The SMILES string of the molecule is O=C1NC(=Nc2ccc(F)cc2)S/C1=C/c1ccc(-c2ccc(F)cc2)o1. The number of hydrogen-bond donors (Lipinski definition) is 1. The molecule has 0 radical (unpaired) electrons. The zero-order valence-electron chi connectivity index (χ0n) is 13.8. The van der Waals surface area contributed by atoms with Crippen LogP contribution in [0.1, 0.15) is 5.76 Å². The summed E-state index contributed by atoms with van der Waals surface area (Å²) in [7, 11) is 0. The van der Waals surface area contributed by atoms with Gasteiger partial charge in [-0.3, -0.25) is 4.79 Å². The molecule has 7 heteroatoms. The van der Waals surface area contributed by atoms with Gasteiger partial charge in [-0.1, -0.05) is 0 Å². The zero-order chi connectivity index (χ0) is 18.8.